The minimum absolute atomic E-state index is 0.229. The fourth-order valence-corrected chi connectivity index (χ4v) is 6.50. The number of rotatable bonds is 5. The maximum absolute atomic E-state index is 12.9. The number of piperidine rings is 1. The number of anilines is 1. The Bertz CT molecular complexity index is 1210. The lowest BCUT2D eigenvalue weighted by Gasteiger charge is -2.29. The Morgan fingerprint density at radius 3 is 2.48 bits per heavy atom. The van der Waals surface area contributed by atoms with Gasteiger partial charge in [-0.25, -0.2) is 8.42 Å². The number of ether oxygens (including phenoxy) is 1. The van der Waals surface area contributed by atoms with Crippen molar-refractivity contribution in [3.63, 3.8) is 0 Å². The molecule has 1 aliphatic heterocycles. The highest BCUT2D eigenvalue weighted by atomic mass is 35.5. The zero-order valence-electron chi connectivity index (χ0n) is 17.2. The van der Waals surface area contributed by atoms with Crippen LogP contribution in [0, 0.1) is 5.92 Å². The molecule has 0 aliphatic carbocycles. The van der Waals surface area contributed by atoms with Gasteiger partial charge in [0.25, 0.3) is 5.91 Å². The van der Waals surface area contributed by atoms with Crippen molar-refractivity contribution in [3.05, 3.63) is 52.4 Å². The number of amides is 1. The molecule has 2 aromatic carbocycles. The van der Waals surface area contributed by atoms with E-state index in [2.05, 4.69) is 12.2 Å². The van der Waals surface area contributed by atoms with Gasteiger partial charge in [0.05, 0.1) is 17.0 Å². The Kier molecular flexibility index (Phi) is 6.25. The van der Waals surface area contributed by atoms with E-state index in [-0.39, 0.29) is 10.8 Å². The predicted octanol–water partition coefficient (Wildman–Crippen LogP) is 5.24. The lowest BCUT2D eigenvalue weighted by Crippen LogP contribution is -2.37. The molecule has 3 aromatic rings. The van der Waals surface area contributed by atoms with Crippen molar-refractivity contribution in [1.82, 2.24) is 4.31 Å². The molecule has 9 heteroatoms. The summed E-state index contributed by atoms with van der Waals surface area (Å²) in [5.74, 6) is 0.897. The number of hydrogen-bond donors (Lipinski definition) is 1. The van der Waals surface area contributed by atoms with Gasteiger partial charge in [0, 0.05) is 28.9 Å². The Hall–Kier alpha value is -2.13. The second-order valence-corrected chi connectivity index (χ2v) is 11.0. The zero-order chi connectivity index (χ0) is 22.2. The number of hydrogen-bond acceptors (Lipinski definition) is 5. The van der Waals surface area contributed by atoms with Crippen molar-refractivity contribution >= 4 is 54.6 Å². The van der Waals surface area contributed by atoms with Crippen LogP contribution in [0.15, 0.2) is 47.4 Å². The first-order valence-electron chi connectivity index (χ1n) is 9.97. The second-order valence-electron chi connectivity index (χ2n) is 7.67. The van der Waals surface area contributed by atoms with Gasteiger partial charge in [-0.15, -0.1) is 11.3 Å². The number of benzene rings is 2. The number of sulfonamides is 1. The summed E-state index contributed by atoms with van der Waals surface area (Å²) in [7, 11) is -1.94. The molecule has 0 unspecified atom stereocenters. The first-order valence-corrected chi connectivity index (χ1v) is 12.6. The monoisotopic (exact) mass is 478 g/mol. The van der Waals surface area contributed by atoms with Gasteiger partial charge in [-0.3, -0.25) is 4.79 Å². The molecule has 1 saturated heterocycles. The van der Waals surface area contributed by atoms with Gasteiger partial charge in [-0.2, -0.15) is 4.31 Å². The molecule has 1 aromatic heterocycles. The highest BCUT2D eigenvalue weighted by molar-refractivity contribution is 7.89. The summed E-state index contributed by atoms with van der Waals surface area (Å²) in [6.45, 7) is 3.22. The highest BCUT2D eigenvalue weighted by Gasteiger charge is 2.28. The van der Waals surface area contributed by atoms with Crippen LogP contribution in [-0.2, 0) is 10.0 Å². The van der Waals surface area contributed by atoms with Crippen molar-refractivity contribution < 1.29 is 17.9 Å². The molecule has 1 amide bonds. The quantitative estimate of drug-likeness (QED) is 0.544. The third-order valence-electron chi connectivity index (χ3n) is 5.54. The Balaban J connectivity index is 1.51. The number of methoxy groups -OCH3 is 1. The Morgan fingerprint density at radius 2 is 1.84 bits per heavy atom. The summed E-state index contributed by atoms with van der Waals surface area (Å²) < 4.78 is 33.3. The van der Waals surface area contributed by atoms with E-state index in [1.54, 1.807) is 25.3 Å². The topological polar surface area (TPSA) is 75.7 Å². The third-order valence-corrected chi connectivity index (χ3v) is 9.10. The van der Waals surface area contributed by atoms with Gasteiger partial charge in [-0.05, 0) is 61.2 Å². The molecule has 1 aliphatic rings. The van der Waals surface area contributed by atoms with Crippen molar-refractivity contribution in [2.75, 3.05) is 25.5 Å². The number of halogens is 1. The molecule has 0 atom stereocenters. The van der Waals surface area contributed by atoms with Crippen molar-refractivity contribution in [1.29, 1.82) is 0 Å². The Labute approximate surface area is 190 Å². The fourth-order valence-electron chi connectivity index (χ4n) is 3.59. The number of carbonyl (C=O) groups excluding carboxylic acids is 1. The van der Waals surface area contributed by atoms with Gasteiger partial charge in [0.1, 0.15) is 10.6 Å². The second kappa shape index (κ2) is 8.78. The average Bonchev–Trinajstić information content (AvgIpc) is 3.10. The molecule has 164 valence electrons. The molecular weight excluding hydrogens is 456 g/mol. The average molecular weight is 479 g/mol. The SMILES string of the molecule is COc1ccc2c(Cl)c(C(=O)Nc3ccc(S(=O)(=O)N4CCC(C)CC4)cc3)sc2c1. The summed E-state index contributed by atoms with van der Waals surface area (Å²) in [5.41, 5.74) is 0.502. The van der Waals surface area contributed by atoms with Crippen molar-refractivity contribution in [2.24, 2.45) is 5.92 Å². The van der Waals surface area contributed by atoms with Crippen LogP contribution < -0.4 is 10.1 Å². The molecule has 6 nitrogen and oxygen atoms in total. The van der Waals surface area contributed by atoms with Crippen LogP contribution in [0.1, 0.15) is 29.4 Å². The number of thiophene rings is 1. The largest absolute Gasteiger partial charge is 0.497 e. The lowest BCUT2D eigenvalue weighted by molar-refractivity contribution is 0.103. The fraction of sp³-hybridized carbons (Fsp3) is 0.318. The first kappa shape index (κ1) is 22.1. The summed E-state index contributed by atoms with van der Waals surface area (Å²) in [4.78, 5) is 13.4. The lowest BCUT2D eigenvalue weighted by atomic mass is 10.0. The normalized spacial score (nSPS) is 15.8. The van der Waals surface area contributed by atoms with Crippen LogP contribution in [0.4, 0.5) is 5.69 Å². The van der Waals surface area contributed by atoms with E-state index in [0.29, 0.717) is 40.3 Å². The molecular formula is C22H23ClN2O4S2. The van der Waals surface area contributed by atoms with Crippen LogP contribution in [0.25, 0.3) is 10.1 Å². The third kappa shape index (κ3) is 4.43. The maximum atomic E-state index is 12.9. The molecule has 0 bridgehead atoms. The van der Waals surface area contributed by atoms with E-state index in [1.165, 1.54) is 27.8 Å². The molecule has 0 spiro atoms. The van der Waals surface area contributed by atoms with E-state index in [4.69, 9.17) is 16.3 Å². The van der Waals surface area contributed by atoms with Crippen LogP contribution >= 0.6 is 22.9 Å². The highest BCUT2D eigenvalue weighted by Crippen LogP contribution is 2.37. The zero-order valence-corrected chi connectivity index (χ0v) is 19.6. The van der Waals surface area contributed by atoms with Crippen LogP contribution in [0.2, 0.25) is 5.02 Å². The molecule has 31 heavy (non-hydrogen) atoms. The van der Waals surface area contributed by atoms with E-state index in [9.17, 15) is 13.2 Å². The molecule has 0 radical (unpaired) electrons. The van der Waals surface area contributed by atoms with E-state index in [1.807, 2.05) is 12.1 Å². The van der Waals surface area contributed by atoms with Gasteiger partial charge in [0.2, 0.25) is 10.0 Å². The minimum atomic E-state index is -3.52. The van der Waals surface area contributed by atoms with Crippen LogP contribution in [0.3, 0.4) is 0 Å². The molecule has 1 N–H and O–H groups in total. The Morgan fingerprint density at radius 1 is 1.16 bits per heavy atom. The maximum Gasteiger partial charge on any atom is 0.267 e. The number of nitrogens with one attached hydrogen (secondary N) is 1. The molecule has 1 fully saturated rings. The van der Waals surface area contributed by atoms with Gasteiger partial charge < -0.3 is 10.1 Å². The molecule has 2 heterocycles. The van der Waals surface area contributed by atoms with Gasteiger partial charge in [0.15, 0.2) is 0 Å². The summed E-state index contributed by atoms with van der Waals surface area (Å²) in [6, 6.07) is 11.7. The van der Waals surface area contributed by atoms with E-state index < -0.39 is 10.0 Å². The number of carbonyl (C=O) groups is 1. The number of fused-ring (bicyclic) bond motifs is 1. The van der Waals surface area contributed by atoms with Crippen LogP contribution in [-0.4, -0.2) is 38.8 Å². The molecule has 4 rings (SSSR count). The first-order chi connectivity index (χ1) is 14.8. The molecule has 0 saturated carbocycles. The van der Waals surface area contributed by atoms with E-state index >= 15 is 0 Å². The predicted molar refractivity (Wildman–Crippen MR) is 125 cm³/mol. The number of nitrogens with zero attached hydrogens (tertiary/aromatic N) is 1. The minimum Gasteiger partial charge on any atom is -0.497 e. The van der Waals surface area contributed by atoms with Crippen molar-refractivity contribution in [2.45, 2.75) is 24.7 Å². The standard InChI is InChI=1S/C22H23ClN2O4S2/c1-14-9-11-25(12-10-14)31(27,28)17-6-3-15(4-7-17)24-22(26)21-20(23)18-8-5-16(29-2)13-19(18)30-21/h3-8,13-14H,9-12H2,1-2H3,(H,24,26). The summed E-state index contributed by atoms with van der Waals surface area (Å²) in [5, 5.41) is 3.97. The smallest absolute Gasteiger partial charge is 0.267 e. The van der Waals surface area contributed by atoms with Gasteiger partial charge >= 0.3 is 0 Å². The van der Waals surface area contributed by atoms with E-state index in [0.717, 1.165) is 22.9 Å². The van der Waals surface area contributed by atoms with Gasteiger partial charge in [-0.1, -0.05) is 18.5 Å². The summed E-state index contributed by atoms with van der Waals surface area (Å²) in [6.07, 6.45) is 1.74. The summed E-state index contributed by atoms with van der Waals surface area (Å²) >= 11 is 7.70. The van der Waals surface area contributed by atoms with Crippen LogP contribution in [0.5, 0.6) is 5.75 Å². The van der Waals surface area contributed by atoms with Crippen molar-refractivity contribution in [3.8, 4) is 5.75 Å².